The Bertz CT molecular complexity index is 1080. The number of hydrogen-bond acceptors (Lipinski definition) is 3. The second kappa shape index (κ2) is 9.88. The number of aliphatic carboxylic acids is 1. The standard InChI is InChI=1S/C25H22ClNO4.CH4/c1-27(23(24(28)29)14-16-7-6-8-17(26)13-16)25(30)31-15-22-20-11-4-2-9-18(20)19-10-3-5-12-21(19)22;/h2-13,22-23H,14-15H2,1H3,(H,28,29);1H4/t23-;/m0./s1. The van der Waals surface area contributed by atoms with Gasteiger partial charge in [-0.25, -0.2) is 9.59 Å². The van der Waals surface area contributed by atoms with Gasteiger partial charge in [0.05, 0.1) is 0 Å². The number of fused-ring (bicyclic) bond motifs is 3. The Hall–Kier alpha value is -3.31. The lowest BCUT2D eigenvalue weighted by Gasteiger charge is -2.25. The van der Waals surface area contributed by atoms with Crippen molar-refractivity contribution in [3.63, 3.8) is 0 Å². The fourth-order valence-corrected chi connectivity index (χ4v) is 4.31. The number of rotatable bonds is 6. The van der Waals surface area contributed by atoms with Crippen molar-refractivity contribution in [2.45, 2.75) is 25.8 Å². The molecule has 4 rings (SSSR count). The molecular formula is C26H26ClNO4. The molecule has 3 aromatic rings. The van der Waals surface area contributed by atoms with E-state index in [2.05, 4.69) is 12.1 Å². The van der Waals surface area contributed by atoms with E-state index < -0.39 is 18.1 Å². The number of amides is 1. The summed E-state index contributed by atoms with van der Waals surface area (Å²) in [6.45, 7) is 0.140. The van der Waals surface area contributed by atoms with Gasteiger partial charge in [0.15, 0.2) is 0 Å². The van der Waals surface area contributed by atoms with Gasteiger partial charge in [0.25, 0.3) is 0 Å². The maximum atomic E-state index is 12.7. The van der Waals surface area contributed by atoms with Crippen molar-refractivity contribution in [2.75, 3.05) is 13.7 Å². The van der Waals surface area contributed by atoms with Crippen molar-refractivity contribution in [1.82, 2.24) is 4.90 Å². The number of carbonyl (C=O) groups is 2. The van der Waals surface area contributed by atoms with Gasteiger partial charge in [0, 0.05) is 24.4 Å². The van der Waals surface area contributed by atoms with E-state index >= 15 is 0 Å². The summed E-state index contributed by atoms with van der Waals surface area (Å²) in [5.41, 5.74) is 5.22. The van der Waals surface area contributed by atoms with Gasteiger partial charge >= 0.3 is 12.1 Å². The number of benzene rings is 3. The Labute approximate surface area is 193 Å². The van der Waals surface area contributed by atoms with Crippen LogP contribution in [0.4, 0.5) is 4.79 Å². The first-order valence-corrected chi connectivity index (χ1v) is 10.4. The molecule has 0 spiro atoms. The minimum Gasteiger partial charge on any atom is -0.480 e. The second-order valence-corrected chi connectivity index (χ2v) is 8.04. The SMILES string of the molecule is C.CN(C(=O)OCC1c2ccccc2-c2ccccc21)[C@@H](Cc1cccc(Cl)c1)C(=O)O. The van der Waals surface area contributed by atoms with Crippen LogP contribution >= 0.6 is 11.6 Å². The minimum absolute atomic E-state index is 0. The van der Waals surface area contributed by atoms with E-state index in [1.165, 1.54) is 7.05 Å². The predicted octanol–water partition coefficient (Wildman–Crippen LogP) is 5.85. The summed E-state index contributed by atoms with van der Waals surface area (Å²) in [4.78, 5) is 25.7. The van der Waals surface area contributed by atoms with Crippen LogP contribution in [-0.4, -0.2) is 41.8 Å². The summed E-state index contributed by atoms with van der Waals surface area (Å²) in [5.74, 6) is -1.18. The van der Waals surface area contributed by atoms with Gasteiger partial charge in [-0.2, -0.15) is 0 Å². The van der Waals surface area contributed by atoms with E-state index in [0.717, 1.165) is 32.7 Å². The number of halogens is 1. The summed E-state index contributed by atoms with van der Waals surface area (Å²) in [5, 5.41) is 10.2. The molecule has 1 amide bonds. The molecule has 0 unspecified atom stereocenters. The van der Waals surface area contributed by atoms with Gasteiger partial charge in [-0.05, 0) is 39.9 Å². The predicted molar refractivity (Wildman–Crippen MR) is 126 cm³/mol. The average molecular weight is 452 g/mol. The van der Waals surface area contributed by atoms with Crippen LogP contribution in [0, 0.1) is 0 Å². The minimum atomic E-state index is -1.10. The van der Waals surface area contributed by atoms with E-state index in [1.807, 2.05) is 36.4 Å². The third-order valence-corrected chi connectivity index (χ3v) is 5.93. The first kappa shape index (κ1) is 23.4. The number of nitrogens with zero attached hydrogens (tertiary/aromatic N) is 1. The molecule has 0 bridgehead atoms. The fraction of sp³-hybridized carbons (Fsp3) is 0.231. The number of hydrogen-bond donors (Lipinski definition) is 1. The Morgan fingerprint density at radius 2 is 1.59 bits per heavy atom. The zero-order valence-corrected chi connectivity index (χ0v) is 17.8. The van der Waals surface area contributed by atoms with Crippen LogP contribution in [0.2, 0.25) is 5.02 Å². The van der Waals surface area contributed by atoms with E-state index in [9.17, 15) is 14.7 Å². The molecule has 5 nitrogen and oxygen atoms in total. The molecule has 0 fully saturated rings. The Morgan fingerprint density at radius 1 is 1.00 bits per heavy atom. The van der Waals surface area contributed by atoms with Crippen LogP contribution < -0.4 is 0 Å². The summed E-state index contributed by atoms with van der Waals surface area (Å²) < 4.78 is 5.59. The number of ether oxygens (including phenoxy) is 1. The van der Waals surface area contributed by atoms with Gasteiger partial charge in [0.1, 0.15) is 12.6 Å². The first-order valence-electron chi connectivity index (χ1n) is 10.0. The Kier molecular flexibility index (Phi) is 7.21. The molecule has 32 heavy (non-hydrogen) atoms. The van der Waals surface area contributed by atoms with Gasteiger partial charge in [0.2, 0.25) is 0 Å². The van der Waals surface area contributed by atoms with Crippen molar-refractivity contribution in [1.29, 1.82) is 0 Å². The van der Waals surface area contributed by atoms with Crippen molar-refractivity contribution in [2.24, 2.45) is 0 Å². The zero-order chi connectivity index (χ0) is 22.0. The number of carboxylic acid groups (broad SMARTS) is 1. The van der Waals surface area contributed by atoms with Crippen LogP contribution in [0.25, 0.3) is 11.1 Å². The third kappa shape index (κ3) is 4.63. The van der Waals surface area contributed by atoms with E-state index in [-0.39, 0.29) is 26.4 Å². The maximum Gasteiger partial charge on any atom is 0.410 e. The normalized spacial score (nSPS) is 12.8. The quantitative estimate of drug-likeness (QED) is 0.510. The number of carboxylic acids is 1. The molecule has 1 N–H and O–H groups in total. The van der Waals surface area contributed by atoms with Gasteiger partial charge in [-0.15, -0.1) is 0 Å². The van der Waals surface area contributed by atoms with E-state index in [4.69, 9.17) is 16.3 Å². The summed E-state index contributed by atoms with van der Waals surface area (Å²) in [6, 6.07) is 22.0. The second-order valence-electron chi connectivity index (χ2n) is 7.60. The van der Waals surface area contributed by atoms with E-state index in [0.29, 0.717) is 5.02 Å². The molecule has 0 saturated carbocycles. The molecule has 1 atom stereocenters. The van der Waals surface area contributed by atoms with Crippen molar-refractivity contribution >= 4 is 23.7 Å². The monoisotopic (exact) mass is 451 g/mol. The molecular weight excluding hydrogens is 426 g/mol. The molecule has 0 heterocycles. The van der Waals surface area contributed by atoms with Crippen LogP contribution in [0.1, 0.15) is 30.0 Å². The van der Waals surface area contributed by atoms with Crippen LogP contribution in [0.15, 0.2) is 72.8 Å². The van der Waals surface area contributed by atoms with Crippen LogP contribution in [0.5, 0.6) is 0 Å². The van der Waals surface area contributed by atoms with E-state index in [1.54, 1.807) is 24.3 Å². The molecule has 1 aliphatic rings. The smallest absolute Gasteiger partial charge is 0.410 e. The van der Waals surface area contributed by atoms with Crippen LogP contribution in [0.3, 0.4) is 0 Å². The number of likely N-dealkylation sites (N-methyl/N-ethyl adjacent to an activating group) is 1. The highest BCUT2D eigenvalue weighted by molar-refractivity contribution is 6.30. The molecule has 0 saturated heterocycles. The molecule has 166 valence electrons. The van der Waals surface area contributed by atoms with Crippen molar-refractivity contribution in [3.8, 4) is 11.1 Å². The highest BCUT2D eigenvalue weighted by Crippen LogP contribution is 2.44. The van der Waals surface area contributed by atoms with Gasteiger partial charge < -0.3 is 9.84 Å². The third-order valence-electron chi connectivity index (χ3n) is 5.69. The lowest BCUT2D eigenvalue weighted by molar-refractivity contribution is -0.142. The highest BCUT2D eigenvalue weighted by Gasteiger charge is 2.32. The first-order chi connectivity index (χ1) is 15.0. The zero-order valence-electron chi connectivity index (χ0n) is 17.0. The topological polar surface area (TPSA) is 66.8 Å². The van der Waals surface area contributed by atoms with Crippen LogP contribution in [-0.2, 0) is 16.0 Å². The molecule has 0 aromatic heterocycles. The van der Waals surface area contributed by atoms with Crippen molar-refractivity contribution < 1.29 is 19.4 Å². The fourth-order valence-electron chi connectivity index (χ4n) is 4.10. The summed E-state index contributed by atoms with van der Waals surface area (Å²) in [6.07, 6.45) is -0.535. The lowest BCUT2D eigenvalue weighted by atomic mass is 9.98. The largest absolute Gasteiger partial charge is 0.480 e. The lowest BCUT2D eigenvalue weighted by Crippen LogP contribution is -2.44. The maximum absolute atomic E-state index is 12.7. The average Bonchev–Trinajstić information content (AvgIpc) is 3.09. The summed E-state index contributed by atoms with van der Waals surface area (Å²) in [7, 11) is 1.45. The van der Waals surface area contributed by atoms with Gasteiger partial charge in [-0.3, -0.25) is 4.90 Å². The number of carbonyl (C=O) groups excluding carboxylic acids is 1. The molecule has 0 aliphatic heterocycles. The highest BCUT2D eigenvalue weighted by atomic mass is 35.5. The Balaban J connectivity index is 0.00000289. The van der Waals surface area contributed by atoms with Gasteiger partial charge in [-0.1, -0.05) is 79.7 Å². The van der Waals surface area contributed by atoms with Crippen molar-refractivity contribution in [3.05, 3.63) is 94.5 Å². The summed E-state index contributed by atoms with van der Waals surface area (Å²) >= 11 is 6.00. The molecule has 3 aromatic carbocycles. The molecule has 1 aliphatic carbocycles. The molecule has 0 radical (unpaired) electrons. The Morgan fingerprint density at radius 3 is 2.16 bits per heavy atom. The molecule has 6 heteroatoms.